The van der Waals surface area contributed by atoms with Crippen molar-refractivity contribution in [1.29, 1.82) is 0 Å². The number of Topliss-reactive ketones (excluding diaryl/α,β-unsaturated/α-hetero) is 1. The molecule has 0 atom stereocenters. The van der Waals surface area contributed by atoms with Crippen molar-refractivity contribution in [3.63, 3.8) is 0 Å². The number of carbonyl (C=O) groups excluding carboxylic acids is 1. The van der Waals surface area contributed by atoms with E-state index in [1.807, 2.05) is 11.6 Å². The largest absolute Gasteiger partial charge is 0.381 e. The van der Waals surface area contributed by atoms with Crippen LogP contribution in [0, 0.1) is 0 Å². The maximum atomic E-state index is 12.4. The average molecular weight is 453 g/mol. The molecular formula is C17H20N6O3S3. The summed E-state index contributed by atoms with van der Waals surface area (Å²) >= 11 is 4.28. The number of H-pyrrole nitrogens is 1. The van der Waals surface area contributed by atoms with Gasteiger partial charge in [-0.3, -0.25) is 9.59 Å². The maximum absolute atomic E-state index is 12.4. The molecule has 9 nitrogen and oxygen atoms in total. The van der Waals surface area contributed by atoms with Crippen LogP contribution in [0.25, 0.3) is 11.0 Å². The number of ether oxygens (including phenoxy) is 1. The van der Waals surface area contributed by atoms with Crippen LogP contribution in [0.1, 0.15) is 30.8 Å². The van der Waals surface area contributed by atoms with E-state index in [2.05, 4.69) is 25.3 Å². The SMILES string of the molecule is CCSc1nnc(CC(=O)CSc2nc3c(cnn3C3CCOCC3)c(=O)[nH]2)s1. The predicted octanol–water partition coefficient (Wildman–Crippen LogP) is 2.34. The molecule has 0 saturated carbocycles. The van der Waals surface area contributed by atoms with E-state index in [4.69, 9.17) is 4.74 Å². The van der Waals surface area contributed by atoms with Gasteiger partial charge in [-0.15, -0.1) is 10.2 Å². The molecule has 154 valence electrons. The molecule has 0 radical (unpaired) electrons. The molecule has 4 heterocycles. The fourth-order valence-electron chi connectivity index (χ4n) is 3.04. The second-order valence-corrected chi connectivity index (χ2v) is 9.98. The van der Waals surface area contributed by atoms with E-state index in [-0.39, 0.29) is 29.6 Å². The molecule has 0 aliphatic carbocycles. The van der Waals surface area contributed by atoms with Crippen molar-refractivity contribution >= 4 is 51.7 Å². The highest BCUT2D eigenvalue weighted by Gasteiger charge is 2.21. The van der Waals surface area contributed by atoms with Gasteiger partial charge in [-0.1, -0.05) is 41.8 Å². The van der Waals surface area contributed by atoms with Crippen molar-refractivity contribution < 1.29 is 9.53 Å². The number of nitrogens with zero attached hydrogens (tertiary/aromatic N) is 5. The Morgan fingerprint density at radius 1 is 1.34 bits per heavy atom. The summed E-state index contributed by atoms with van der Waals surface area (Å²) in [6.45, 7) is 3.40. The minimum absolute atomic E-state index is 0.0138. The van der Waals surface area contributed by atoms with E-state index < -0.39 is 0 Å². The van der Waals surface area contributed by atoms with Crippen LogP contribution >= 0.6 is 34.9 Å². The lowest BCUT2D eigenvalue weighted by atomic mass is 10.1. The van der Waals surface area contributed by atoms with E-state index in [1.54, 1.807) is 18.0 Å². The minimum atomic E-state index is -0.242. The van der Waals surface area contributed by atoms with Crippen LogP contribution in [-0.2, 0) is 16.0 Å². The second-order valence-electron chi connectivity index (χ2n) is 6.44. The fraction of sp³-hybridized carbons (Fsp3) is 0.529. The lowest BCUT2D eigenvalue weighted by Gasteiger charge is -2.22. The molecule has 12 heteroatoms. The first-order valence-corrected chi connectivity index (χ1v) is 12.1. The molecular weight excluding hydrogens is 432 g/mol. The highest BCUT2D eigenvalue weighted by Crippen LogP contribution is 2.25. The first-order valence-electron chi connectivity index (χ1n) is 9.29. The first kappa shape index (κ1) is 20.5. The Morgan fingerprint density at radius 2 is 2.17 bits per heavy atom. The number of hydrogen-bond donors (Lipinski definition) is 1. The molecule has 3 aromatic heterocycles. The third kappa shape index (κ3) is 4.87. The second kappa shape index (κ2) is 9.37. The Labute approximate surface area is 179 Å². The van der Waals surface area contributed by atoms with Gasteiger partial charge in [-0.2, -0.15) is 5.10 Å². The van der Waals surface area contributed by atoms with Crippen molar-refractivity contribution in [2.75, 3.05) is 24.7 Å². The molecule has 0 amide bonds. The molecule has 1 aliphatic rings. The van der Waals surface area contributed by atoms with Crippen LogP contribution in [0.3, 0.4) is 0 Å². The molecule has 0 spiro atoms. The van der Waals surface area contributed by atoms with Gasteiger partial charge in [-0.25, -0.2) is 9.67 Å². The van der Waals surface area contributed by atoms with Crippen molar-refractivity contribution in [2.45, 2.75) is 41.7 Å². The quantitative estimate of drug-likeness (QED) is 0.406. The predicted molar refractivity (Wildman–Crippen MR) is 113 cm³/mol. The molecule has 0 bridgehead atoms. The van der Waals surface area contributed by atoms with Crippen LogP contribution in [0.5, 0.6) is 0 Å². The molecule has 3 aromatic rings. The minimum Gasteiger partial charge on any atom is -0.381 e. The monoisotopic (exact) mass is 452 g/mol. The lowest BCUT2D eigenvalue weighted by Crippen LogP contribution is -2.21. The van der Waals surface area contributed by atoms with Gasteiger partial charge < -0.3 is 9.72 Å². The zero-order valence-electron chi connectivity index (χ0n) is 15.8. The third-order valence-corrected chi connectivity index (χ3v) is 7.28. The Hall–Kier alpha value is -1.76. The van der Waals surface area contributed by atoms with Gasteiger partial charge in [0, 0.05) is 13.2 Å². The summed E-state index contributed by atoms with van der Waals surface area (Å²) in [6.07, 6.45) is 3.47. The van der Waals surface area contributed by atoms with Crippen LogP contribution in [-0.4, -0.2) is 60.4 Å². The molecule has 1 saturated heterocycles. The third-order valence-electron chi connectivity index (χ3n) is 4.41. The Balaban J connectivity index is 1.44. The Kier molecular flexibility index (Phi) is 6.63. The summed E-state index contributed by atoms with van der Waals surface area (Å²) in [4.78, 5) is 32.0. The fourth-order valence-corrected chi connectivity index (χ4v) is 5.58. The van der Waals surface area contributed by atoms with Crippen molar-refractivity contribution in [3.05, 3.63) is 21.6 Å². The van der Waals surface area contributed by atoms with Crippen LogP contribution in [0.4, 0.5) is 0 Å². The number of thioether (sulfide) groups is 2. The number of aromatic nitrogens is 6. The van der Waals surface area contributed by atoms with E-state index >= 15 is 0 Å². The van der Waals surface area contributed by atoms with Crippen molar-refractivity contribution in [3.8, 4) is 0 Å². The van der Waals surface area contributed by atoms with Gasteiger partial charge in [0.15, 0.2) is 15.1 Å². The molecule has 1 fully saturated rings. The normalized spacial score (nSPS) is 15.2. The van der Waals surface area contributed by atoms with Gasteiger partial charge >= 0.3 is 0 Å². The summed E-state index contributed by atoms with van der Waals surface area (Å²) in [5, 5.41) is 14.1. The zero-order valence-corrected chi connectivity index (χ0v) is 18.2. The van der Waals surface area contributed by atoms with Crippen LogP contribution < -0.4 is 5.56 Å². The molecule has 0 aromatic carbocycles. The standard InChI is InChI=1S/C17H20N6O3S3/c1-2-27-17-22-21-13(29-17)7-11(24)9-28-16-19-14-12(15(25)20-16)8-18-23(14)10-3-5-26-6-4-10/h8,10H,2-7,9H2,1H3,(H,19,20,25). The van der Waals surface area contributed by atoms with E-state index in [0.29, 0.717) is 34.4 Å². The van der Waals surface area contributed by atoms with E-state index in [9.17, 15) is 9.59 Å². The molecule has 1 N–H and O–H groups in total. The van der Waals surface area contributed by atoms with Gasteiger partial charge in [0.1, 0.15) is 16.2 Å². The average Bonchev–Trinajstić information content (AvgIpc) is 3.34. The Bertz CT molecular complexity index is 1060. The first-order chi connectivity index (χ1) is 14.1. The topological polar surface area (TPSA) is 116 Å². The van der Waals surface area contributed by atoms with Crippen LogP contribution in [0.15, 0.2) is 20.5 Å². The molecule has 0 unspecified atom stereocenters. The zero-order chi connectivity index (χ0) is 20.2. The van der Waals surface area contributed by atoms with Crippen molar-refractivity contribution in [1.82, 2.24) is 29.9 Å². The summed E-state index contributed by atoms with van der Waals surface area (Å²) in [7, 11) is 0. The van der Waals surface area contributed by atoms with Gasteiger partial charge in [-0.05, 0) is 18.6 Å². The molecule has 4 rings (SSSR count). The van der Waals surface area contributed by atoms with Gasteiger partial charge in [0.2, 0.25) is 0 Å². The number of carbonyl (C=O) groups is 1. The Morgan fingerprint density at radius 3 is 2.97 bits per heavy atom. The number of aromatic amines is 1. The number of hydrogen-bond acceptors (Lipinski definition) is 10. The summed E-state index contributed by atoms with van der Waals surface area (Å²) < 4.78 is 8.09. The highest BCUT2D eigenvalue weighted by molar-refractivity contribution is 8.01. The van der Waals surface area contributed by atoms with Crippen molar-refractivity contribution in [2.24, 2.45) is 0 Å². The lowest BCUT2D eigenvalue weighted by molar-refractivity contribution is -0.116. The van der Waals surface area contributed by atoms with Gasteiger partial charge in [0.25, 0.3) is 5.56 Å². The number of ketones is 1. The van der Waals surface area contributed by atoms with Crippen LogP contribution in [0.2, 0.25) is 0 Å². The maximum Gasteiger partial charge on any atom is 0.262 e. The smallest absolute Gasteiger partial charge is 0.262 e. The van der Waals surface area contributed by atoms with E-state index in [1.165, 1.54) is 23.1 Å². The molecule has 29 heavy (non-hydrogen) atoms. The number of nitrogens with one attached hydrogen (secondary N) is 1. The number of rotatable bonds is 8. The van der Waals surface area contributed by atoms with E-state index in [0.717, 1.165) is 22.9 Å². The summed E-state index contributed by atoms with van der Waals surface area (Å²) in [5.74, 6) is 1.14. The summed E-state index contributed by atoms with van der Waals surface area (Å²) in [6, 6.07) is 0.169. The summed E-state index contributed by atoms with van der Waals surface area (Å²) in [5.41, 5.74) is 0.314. The molecule has 1 aliphatic heterocycles. The number of fused-ring (bicyclic) bond motifs is 1. The van der Waals surface area contributed by atoms with Gasteiger partial charge in [0.05, 0.1) is 24.4 Å². The highest BCUT2D eigenvalue weighted by atomic mass is 32.2.